The van der Waals surface area contributed by atoms with Gasteiger partial charge in [-0.1, -0.05) is 19.1 Å². The Morgan fingerprint density at radius 3 is 2.28 bits per heavy atom. The van der Waals surface area contributed by atoms with Gasteiger partial charge in [-0.05, 0) is 44.9 Å². The van der Waals surface area contributed by atoms with Gasteiger partial charge in [-0.15, -0.1) is 0 Å². The first-order chi connectivity index (χ1) is 13.4. The SMILES string of the molecule is CC[C@]1(C)OC(=NC(CO)C(=O)O)C(OC(C)C)=C1c1ccc(S(C)(=O)=O)cc1. The molecular weight excluding hydrogens is 398 g/mol. The van der Waals surface area contributed by atoms with Gasteiger partial charge >= 0.3 is 5.97 Å². The van der Waals surface area contributed by atoms with Crippen LogP contribution >= 0.6 is 0 Å². The van der Waals surface area contributed by atoms with Crippen molar-refractivity contribution in [1.82, 2.24) is 0 Å². The fraction of sp³-hybridized carbons (Fsp3) is 0.500. The van der Waals surface area contributed by atoms with Crippen LogP contribution in [0.25, 0.3) is 5.57 Å². The topological polar surface area (TPSA) is 122 Å². The molecule has 0 spiro atoms. The van der Waals surface area contributed by atoms with Gasteiger partial charge in [0.1, 0.15) is 5.60 Å². The van der Waals surface area contributed by atoms with Gasteiger partial charge in [0.15, 0.2) is 21.6 Å². The molecule has 1 heterocycles. The minimum Gasteiger partial charge on any atom is -0.485 e. The molecule has 0 saturated carbocycles. The molecule has 9 heteroatoms. The van der Waals surface area contributed by atoms with Crippen LogP contribution in [-0.4, -0.2) is 61.1 Å². The van der Waals surface area contributed by atoms with E-state index in [1.807, 2.05) is 27.7 Å². The average molecular weight is 426 g/mol. The Labute approximate surface area is 170 Å². The number of nitrogens with zero attached hydrogens (tertiary/aromatic N) is 1. The van der Waals surface area contributed by atoms with Crippen LogP contribution in [-0.2, 0) is 24.1 Å². The monoisotopic (exact) mass is 425 g/mol. The van der Waals surface area contributed by atoms with Gasteiger partial charge in [0.25, 0.3) is 5.90 Å². The molecule has 0 amide bonds. The molecule has 0 radical (unpaired) electrons. The first-order valence-corrected chi connectivity index (χ1v) is 11.1. The van der Waals surface area contributed by atoms with Crippen LogP contribution in [0.1, 0.15) is 39.7 Å². The highest BCUT2D eigenvalue weighted by molar-refractivity contribution is 7.90. The summed E-state index contributed by atoms with van der Waals surface area (Å²) in [5.41, 5.74) is 0.460. The highest BCUT2D eigenvalue weighted by Gasteiger charge is 2.44. The zero-order valence-corrected chi connectivity index (χ0v) is 18.0. The van der Waals surface area contributed by atoms with Crippen LogP contribution < -0.4 is 0 Å². The van der Waals surface area contributed by atoms with Crippen molar-refractivity contribution < 1.29 is 32.9 Å². The molecule has 1 aromatic carbocycles. The molecule has 8 nitrogen and oxygen atoms in total. The van der Waals surface area contributed by atoms with E-state index in [9.17, 15) is 23.4 Å². The second kappa shape index (κ2) is 8.54. The summed E-state index contributed by atoms with van der Waals surface area (Å²) in [6.07, 6.45) is 1.41. The van der Waals surface area contributed by atoms with E-state index in [0.29, 0.717) is 17.6 Å². The number of aliphatic imine (C=N–C) groups is 1. The van der Waals surface area contributed by atoms with Gasteiger partial charge in [-0.25, -0.2) is 18.2 Å². The third-order valence-electron chi connectivity index (χ3n) is 4.60. The zero-order chi connectivity index (χ0) is 22.0. The molecule has 2 N–H and O–H groups in total. The summed E-state index contributed by atoms with van der Waals surface area (Å²) in [5.74, 6) is -0.987. The lowest BCUT2D eigenvalue weighted by Crippen LogP contribution is -2.28. The molecule has 2 atom stereocenters. The molecule has 1 aliphatic heterocycles. The molecule has 160 valence electrons. The summed E-state index contributed by atoms with van der Waals surface area (Å²) in [7, 11) is -3.34. The molecule has 1 aliphatic rings. The number of benzene rings is 1. The van der Waals surface area contributed by atoms with Gasteiger partial charge in [0.2, 0.25) is 0 Å². The number of sulfone groups is 1. The maximum atomic E-state index is 11.8. The van der Waals surface area contributed by atoms with Crippen LogP contribution in [0, 0.1) is 0 Å². The van der Waals surface area contributed by atoms with E-state index in [-0.39, 0.29) is 22.7 Å². The van der Waals surface area contributed by atoms with Gasteiger partial charge in [0.05, 0.1) is 23.2 Å². The van der Waals surface area contributed by atoms with Crippen LogP contribution in [0.5, 0.6) is 0 Å². The molecule has 0 aromatic heterocycles. The van der Waals surface area contributed by atoms with E-state index >= 15 is 0 Å². The third kappa shape index (κ3) is 4.97. The summed E-state index contributed by atoms with van der Waals surface area (Å²) in [5, 5.41) is 18.6. The zero-order valence-electron chi connectivity index (χ0n) is 17.2. The molecule has 1 unspecified atom stereocenters. The maximum Gasteiger partial charge on any atom is 0.330 e. The van der Waals surface area contributed by atoms with Crippen molar-refractivity contribution in [2.24, 2.45) is 4.99 Å². The van der Waals surface area contributed by atoms with Crippen molar-refractivity contribution >= 4 is 27.3 Å². The standard InChI is InChI=1S/C20H27NO7S/c1-6-20(4)16(13-7-9-14(10-8-13)29(5,25)26)17(27-12(2)3)18(28-20)21-15(11-22)19(23)24/h7-10,12,15,22H,6,11H2,1-5H3,(H,23,24)/t15?,20-/m0/s1. The van der Waals surface area contributed by atoms with Gasteiger partial charge in [0, 0.05) is 6.26 Å². The molecule has 1 aromatic rings. The Kier molecular flexibility index (Phi) is 6.74. The number of aliphatic hydroxyl groups excluding tert-OH is 1. The van der Waals surface area contributed by atoms with Gasteiger partial charge in [-0.2, -0.15) is 0 Å². The Bertz CT molecular complexity index is 932. The molecule has 0 aliphatic carbocycles. The van der Waals surface area contributed by atoms with Gasteiger partial charge in [-0.3, -0.25) is 0 Å². The lowest BCUT2D eigenvalue weighted by molar-refractivity contribution is -0.139. The Balaban J connectivity index is 2.69. The van der Waals surface area contributed by atoms with E-state index < -0.39 is 34.1 Å². The normalized spacial score (nSPS) is 22.1. The number of carboxylic acids is 1. The Morgan fingerprint density at radius 1 is 1.28 bits per heavy atom. The third-order valence-corrected chi connectivity index (χ3v) is 5.73. The summed E-state index contributed by atoms with van der Waals surface area (Å²) in [6, 6.07) is 4.95. The second-order valence-electron chi connectivity index (χ2n) is 7.32. The van der Waals surface area contributed by atoms with Crippen molar-refractivity contribution in [3.8, 4) is 0 Å². The van der Waals surface area contributed by atoms with Crippen molar-refractivity contribution in [1.29, 1.82) is 0 Å². The van der Waals surface area contributed by atoms with E-state index in [1.165, 1.54) is 12.1 Å². The maximum absolute atomic E-state index is 11.8. The quantitative estimate of drug-likeness (QED) is 0.655. The van der Waals surface area contributed by atoms with Crippen LogP contribution in [0.3, 0.4) is 0 Å². The Hall–Kier alpha value is -2.39. The largest absolute Gasteiger partial charge is 0.485 e. The lowest BCUT2D eigenvalue weighted by Gasteiger charge is -2.25. The second-order valence-corrected chi connectivity index (χ2v) is 9.34. The van der Waals surface area contributed by atoms with Crippen LogP contribution in [0.2, 0.25) is 0 Å². The molecule has 0 bridgehead atoms. The minimum absolute atomic E-state index is 0.00619. The van der Waals surface area contributed by atoms with Crippen LogP contribution in [0.4, 0.5) is 0 Å². The van der Waals surface area contributed by atoms with E-state index in [4.69, 9.17) is 9.47 Å². The summed E-state index contributed by atoms with van der Waals surface area (Å²) >= 11 is 0. The molecular formula is C20H27NO7S. The molecule has 0 saturated heterocycles. The number of carboxylic acid groups (broad SMARTS) is 1. The fourth-order valence-electron chi connectivity index (χ4n) is 2.96. The molecule has 2 rings (SSSR count). The molecule has 29 heavy (non-hydrogen) atoms. The average Bonchev–Trinajstić information content (AvgIpc) is 2.90. The van der Waals surface area contributed by atoms with E-state index in [0.717, 1.165) is 6.26 Å². The number of carbonyl (C=O) groups is 1. The summed E-state index contributed by atoms with van der Waals surface area (Å²) in [6.45, 7) is 6.68. The first kappa shape index (κ1) is 22.9. The minimum atomic E-state index is -3.34. The smallest absolute Gasteiger partial charge is 0.330 e. The highest BCUT2D eigenvalue weighted by Crippen LogP contribution is 2.43. The number of ether oxygens (including phenoxy) is 2. The highest BCUT2D eigenvalue weighted by atomic mass is 32.2. The van der Waals surface area contributed by atoms with Crippen molar-refractivity contribution in [3.05, 3.63) is 35.6 Å². The number of hydrogen-bond acceptors (Lipinski definition) is 7. The fourth-order valence-corrected chi connectivity index (χ4v) is 3.59. The van der Waals surface area contributed by atoms with Crippen molar-refractivity contribution in [2.45, 2.75) is 56.8 Å². The predicted molar refractivity (Wildman–Crippen MR) is 108 cm³/mol. The number of aliphatic carboxylic acids is 1. The summed E-state index contributed by atoms with van der Waals surface area (Å²) in [4.78, 5) is 15.6. The first-order valence-electron chi connectivity index (χ1n) is 9.25. The summed E-state index contributed by atoms with van der Waals surface area (Å²) < 4.78 is 35.5. The number of aliphatic hydroxyl groups is 1. The molecule has 0 fully saturated rings. The van der Waals surface area contributed by atoms with Crippen molar-refractivity contribution in [3.63, 3.8) is 0 Å². The van der Waals surface area contributed by atoms with Crippen LogP contribution in [0.15, 0.2) is 39.9 Å². The van der Waals surface area contributed by atoms with Crippen molar-refractivity contribution in [2.75, 3.05) is 12.9 Å². The predicted octanol–water partition coefficient (Wildman–Crippen LogP) is 2.27. The van der Waals surface area contributed by atoms with E-state index in [2.05, 4.69) is 4.99 Å². The Morgan fingerprint density at radius 2 is 1.86 bits per heavy atom. The number of hydrogen-bond donors (Lipinski definition) is 2. The number of rotatable bonds is 8. The lowest BCUT2D eigenvalue weighted by atomic mass is 9.88. The van der Waals surface area contributed by atoms with E-state index in [1.54, 1.807) is 12.1 Å². The van der Waals surface area contributed by atoms with Gasteiger partial charge < -0.3 is 19.7 Å².